The molecule has 0 aromatic heterocycles. The molecule has 148 valence electrons. The van der Waals surface area contributed by atoms with E-state index in [0.717, 1.165) is 24.1 Å². The van der Waals surface area contributed by atoms with Gasteiger partial charge in [0.2, 0.25) is 0 Å². The van der Waals surface area contributed by atoms with Gasteiger partial charge in [-0.1, -0.05) is 58.4 Å². The van der Waals surface area contributed by atoms with E-state index in [2.05, 4.69) is 70.2 Å². The molecule has 0 spiro atoms. The van der Waals surface area contributed by atoms with Crippen LogP contribution in [0.1, 0.15) is 24.1 Å². The summed E-state index contributed by atoms with van der Waals surface area (Å²) in [5.41, 5.74) is 2.51. The molecular formula is C20H25BrCl2N2O2. The van der Waals surface area contributed by atoms with E-state index in [9.17, 15) is 4.79 Å². The van der Waals surface area contributed by atoms with Gasteiger partial charge in [0.05, 0.1) is 12.6 Å². The molecule has 2 aromatic carbocycles. The molecule has 2 atom stereocenters. The van der Waals surface area contributed by atoms with Gasteiger partial charge in [0.15, 0.2) is 0 Å². The Balaban J connectivity index is 0.00000182. The topological polar surface area (TPSA) is 43.8 Å². The predicted octanol–water partition coefficient (Wildman–Crippen LogP) is 4.47. The average Bonchev–Trinajstić information content (AvgIpc) is 2.58. The van der Waals surface area contributed by atoms with Crippen molar-refractivity contribution >= 4 is 46.7 Å². The van der Waals surface area contributed by atoms with Crippen molar-refractivity contribution in [3.8, 4) is 0 Å². The van der Waals surface area contributed by atoms with Gasteiger partial charge >= 0.3 is 5.97 Å². The van der Waals surface area contributed by atoms with Gasteiger partial charge < -0.3 is 5.11 Å². The van der Waals surface area contributed by atoms with Gasteiger partial charge in [0, 0.05) is 30.1 Å². The van der Waals surface area contributed by atoms with Gasteiger partial charge in [-0.3, -0.25) is 14.6 Å². The van der Waals surface area contributed by atoms with Crippen LogP contribution in [0.25, 0.3) is 0 Å². The second kappa shape index (κ2) is 11.0. The number of carbonyl (C=O) groups is 1. The number of carboxylic acid groups (broad SMARTS) is 1. The zero-order valence-corrected chi connectivity index (χ0v) is 18.3. The van der Waals surface area contributed by atoms with Gasteiger partial charge in [-0.05, 0) is 30.2 Å². The summed E-state index contributed by atoms with van der Waals surface area (Å²) in [5, 5.41) is 9.08. The van der Waals surface area contributed by atoms with Gasteiger partial charge in [0.1, 0.15) is 0 Å². The summed E-state index contributed by atoms with van der Waals surface area (Å²) >= 11 is 3.58. The van der Waals surface area contributed by atoms with Crippen LogP contribution >= 0.6 is 40.7 Å². The van der Waals surface area contributed by atoms with Crippen molar-refractivity contribution in [2.75, 3.05) is 26.2 Å². The molecule has 1 aliphatic heterocycles. The maximum absolute atomic E-state index is 11.0. The number of benzene rings is 2. The molecule has 1 aliphatic rings. The van der Waals surface area contributed by atoms with Gasteiger partial charge in [-0.25, -0.2) is 0 Å². The van der Waals surface area contributed by atoms with E-state index in [1.807, 2.05) is 17.0 Å². The lowest BCUT2D eigenvalue weighted by Gasteiger charge is -2.43. The first-order valence-corrected chi connectivity index (χ1v) is 9.34. The minimum atomic E-state index is -0.758. The Morgan fingerprint density at radius 1 is 1.11 bits per heavy atom. The Morgan fingerprint density at radius 2 is 1.78 bits per heavy atom. The average molecular weight is 476 g/mol. The summed E-state index contributed by atoms with van der Waals surface area (Å²) in [5.74, 6) is -0.758. The largest absolute Gasteiger partial charge is 0.480 e. The van der Waals surface area contributed by atoms with Crippen molar-refractivity contribution < 1.29 is 9.90 Å². The molecular weight excluding hydrogens is 451 g/mol. The third-order valence-corrected chi connectivity index (χ3v) is 5.27. The number of rotatable bonds is 5. The fourth-order valence-corrected chi connectivity index (χ4v) is 4.01. The number of piperazine rings is 1. The summed E-state index contributed by atoms with van der Waals surface area (Å²) < 4.78 is 1.07. The maximum Gasteiger partial charge on any atom is 0.317 e. The standard InChI is InChI=1S/C20H23BrN2O2.2ClH/c1-15-13-23(11-10-22(15)14-19(24)25)20(16-6-3-2-4-7-16)17-8-5-9-18(21)12-17;;/h2-9,12,15,20H,10-11,13-14H2,1H3,(H,24,25);2*1H/t15?,20-;;/m0../s1. The lowest BCUT2D eigenvalue weighted by Crippen LogP contribution is -2.54. The molecule has 1 fully saturated rings. The predicted molar refractivity (Wildman–Crippen MR) is 117 cm³/mol. The highest BCUT2D eigenvalue weighted by Gasteiger charge is 2.30. The van der Waals surface area contributed by atoms with Crippen LogP contribution in [0.5, 0.6) is 0 Å². The molecule has 7 heteroatoms. The van der Waals surface area contributed by atoms with Crippen molar-refractivity contribution in [1.29, 1.82) is 0 Å². The maximum atomic E-state index is 11.0. The first kappa shape index (κ1) is 23.9. The molecule has 3 rings (SSSR count). The van der Waals surface area contributed by atoms with E-state index in [1.165, 1.54) is 11.1 Å². The van der Waals surface area contributed by atoms with Crippen LogP contribution in [0.15, 0.2) is 59.1 Å². The molecule has 0 bridgehead atoms. The highest BCUT2D eigenvalue weighted by atomic mass is 79.9. The summed E-state index contributed by atoms with van der Waals surface area (Å²) in [4.78, 5) is 15.6. The van der Waals surface area contributed by atoms with Crippen LogP contribution in [-0.4, -0.2) is 53.1 Å². The monoisotopic (exact) mass is 474 g/mol. The Hall–Kier alpha value is -1.11. The van der Waals surface area contributed by atoms with E-state index in [1.54, 1.807) is 0 Å². The van der Waals surface area contributed by atoms with E-state index in [4.69, 9.17) is 5.11 Å². The lowest BCUT2D eigenvalue weighted by atomic mass is 9.95. The van der Waals surface area contributed by atoms with Crippen LogP contribution in [-0.2, 0) is 4.79 Å². The number of hydrogen-bond donors (Lipinski definition) is 1. The molecule has 1 saturated heterocycles. The Morgan fingerprint density at radius 3 is 2.37 bits per heavy atom. The molecule has 2 aromatic rings. The fourth-order valence-electron chi connectivity index (χ4n) is 3.59. The Kier molecular flexibility index (Phi) is 9.77. The van der Waals surface area contributed by atoms with Crippen LogP contribution < -0.4 is 0 Å². The molecule has 0 amide bonds. The van der Waals surface area contributed by atoms with Gasteiger partial charge in [-0.15, -0.1) is 24.8 Å². The van der Waals surface area contributed by atoms with E-state index in [0.29, 0.717) is 0 Å². The third kappa shape index (κ3) is 6.19. The van der Waals surface area contributed by atoms with Gasteiger partial charge in [0.25, 0.3) is 0 Å². The minimum Gasteiger partial charge on any atom is -0.480 e. The summed E-state index contributed by atoms with van der Waals surface area (Å²) in [6, 6.07) is 19.3. The molecule has 1 unspecified atom stereocenters. The van der Waals surface area contributed by atoms with E-state index in [-0.39, 0.29) is 43.4 Å². The number of carboxylic acids is 1. The van der Waals surface area contributed by atoms with Crippen molar-refractivity contribution in [2.24, 2.45) is 0 Å². The van der Waals surface area contributed by atoms with E-state index >= 15 is 0 Å². The summed E-state index contributed by atoms with van der Waals surface area (Å²) in [6.45, 7) is 4.69. The Labute approximate surface area is 181 Å². The van der Waals surface area contributed by atoms with Gasteiger partial charge in [-0.2, -0.15) is 0 Å². The molecule has 1 N–H and O–H groups in total. The number of aliphatic carboxylic acids is 1. The highest BCUT2D eigenvalue weighted by molar-refractivity contribution is 9.10. The minimum absolute atomic E-state index is 0. The van der Waals surface area contributed by atoms with Crippen molar-refractivity contribution in [2.45, 2.75) is 19.0 Å². The summed E-state index contributed by atoms with van der Waals surface area (Å²) in [6.07, 6.45) is 0. The summed E-state index contributed by atoms with van der Waals surface area (Å²) in [7, 11) is 0. The second-order valence-electron chi connectivity index (χ2n) is 6.58. The van der Waals surface area contributed by atoms with Crippen molar-refractivity contribution in [3.05, 3.63) is 70.2 Å². The first-order valence-electron chi connectivity index (χ1n) is 8.55. The number of hydrogen-bond acceptors (Lipinski definition) is 3. The second-order valence-corrected chi connectivity index (χ2v) is 7.49. The van der Waals surface area contributed by atoms with Crippen LogP contribution in [0.3, 0.4) is 0 Å². The Bertz CT molecular complexity index is 733. The highest BCUT2D eigenvalue weighted by Crippen LogP contribution is 2.31. The number of halogens is 3. The van der Waals surface area contributed by atoms with Crippen molar-refractivity contribution in [3.63, 3.8) is 0 Å². The van der Waals surface area contributed by atoms with E-state index < -0.39 is 5.97 Å². The van der Waals surface area contributed by atoms with Crippen molar-refractivity contribution in [1.82, 2.24) is 9.80 Å². The molecule has 4 nitrogen and oxygen atoms in total. The third-order valence-electron chi connectivity index (χ3n) is 4.78. The molecule has 0 radical (unpaired) electrons. The smallest absolute Gasteiger partial charge is 0.317 e. The lowest BCUT2D eigenvalue weighted by molar-refractivity contribution is -0.139. The zero-order valence-electron chi connectivity index (χ0n) is 15.1. The quantitative estimate of drug-likeness (QED) is 0.692. The molecule has 0 aliphatic carbocycles. The molecule has 1 heterocycles. The normalized spacial score (nSPS) is 18.8. The van der Waals surface area contributed by atoms with Crippen LogP contribution in [0.2, 0.25) is 0 Å². The fraction of sp³-hybridized carbons (Fsp3) is 0.350. The number of nitrogens with zero attached hydrogens (tertiary/aromatic N) is 2. The van der Waals surface area contributed by atoms with Crippen LogP contribution in [0.4, 0.5) is 0 Å². The molecule has 0 saturated carbocycles. The molecule has 27 heavy (non-hydrogen) atoms. The van der Waals surface area contributed by atoms with Crippen LogP contribution in [0, 0.1) is 0 Å². The first-order chi connectivity index (χ1) is 12.0. The SMILES string of the molecule is CC1CN([C@@H](c2ccccc2)c2cccc(Br)c2)CCN1CC(=O)O.Cl.Cl. The zero-order chi connectivity index (χ0) is 17.8.